The van der Waals surface area contributed by atoms with Gasteiger partial charge in [0.1, 0.15) is 11.6 Å². The van der Waals surface area contributed by atoms with Crippen molar-refractivity contribution in [3.63, 3.8) is 0 Å². The lowest BCUT2D eigenvalue weighted by Gasteiger charge is -2.10. The molecule has 0 saturated heterocycles. The Labute approximate surface area is 115 Å². The number of aryl methyl sites for hydroxylation is 2. The number of rotatable bonds is 4. The second-order valence-electron chi connectivity index (χ2n) is 4.34. The molecule has 0 aliphatic rings. The van der Waals surface area contributed by atoms with Gasteiger partial charge in [-0.2, -0.15) is 0 Å². The van der Waals surface area contributed by atoms with Crippen LogP contribution < -0.4 is 5.32 Å². The third kappa shape index (κ3) is 2.79. The summed E-state index contributed by atoms with van der Waals surface area (Å²) in [6, 6.07) is 3.92. The van der Waals surface area contributed by atoms with Crippen molar-refractivity contribution in [2.45, 2.75) is 20.4 Å². The van der Waals surface area contributed by atoms with Gasteiger partial charge in [0.2, 0.25) is 0 Å². The molecule has 0 aliphatic heterocycles. The molecule has 6 heteroatoms. The molecule has 106 valence electrons. The minimum atomic E-state index is -0.592. The fraction of sp³-hybridized carbons (Fsp3) is 0.286. The lowest BCUT2D eigenvalue weighted by molar-refractivity contribution is 0.0601. The molecule has 0 fully saturated rings. The van der Waals surface area contributed by atoms with Crippen LogP contribution in [0.3, 0.4) is 0 Å². The topological polar surface area (TPSA) is 64.4 Å². The van der Waals surface area contributed by atoms with E-state index in [4.69, 9.17) is 4.52 Å². The van der Waals surface area contributed by atoms with E-state index in [0.717, 1.165) is 17.3 Å². The molecule has 20 heavy (non-hydrogen) atoms. The number of nitrogens with one attached hydrogen (secondary N) is 1. The molecule has 1 N–H and O–H groups in total. The number of carbonyl (C=O) groups excluding carboxylic acids is 1. The first-order chi connectivity index (χ1) is 9.52. The van der Waals surface area contributed by atoms with Gasteiger partial charge in [-0.3, -0.25) is 0 Å². The molecule has 2 aromatic rings. The number of anilines is 1. The Balaban J connectivity index is 2.23. The van der Waals surface area contributed by atoms with Crippen molar-refractivity contribution in [3.8, 4) is 0 Å². The van der Waals surface area contributed by atoms with Crippen molar-refractivity contribution in [3.05, 3.63) is 46.6 Å². The van der Waals surface area contributed by atoms with E-state index in [1.165, 1.54) is 19.2 Å². The third-order valence-electron chi connectivity index (χ3n) is 3.02. The van der Waals surface area contributed by atoms with Crippen LogP contribution >= 0.6 is 0 Å². The standard InChI is InChI=1S/C14H15FN2O3/c1-8-12(9(2)20-17-8)7-16-13-5-4-10(15)6-11(13)14(18)19-3/h4-6,16H,7H2,1-3H3. The monoisotopic (exact) mass is 278 g/mol. The number of aromatic nitrogens is 1. The predicted molar refractivity (Wildman–Crippen MR) is 71.0 cm³/mol. The third-order valence-corrected chi connectivity index (χ3v) is 3.02. The van der Waals surface area contributed by atoms with Crippen LogP contribution in [0, 0.1) is 19.7 Å². The molecule has 0 radical (unpaired) electrons. The summed E-state index contributed by atoms with van der Waals surface area (Å²) in [5, 5.41) is 6.92. The molecular formula is C14H15FN2O3. The van der Waals surface area contributed by atoms with Crippen LogP contribution in [-0.4, -0.2) is 18.2 Å². The Hall–Kier alpha value is -2.37. The molecule has 0 atom stereocenters. The minimum absolute atomic E-state index is 0.152. The summed E-state index contributed by atoms with van der Waals surface area (Å²) in [4.78, 5) is 11.6. The van der Waals surface area contributed by atoms with Crippen LogP contribution in [0.2, 0.25) is 0 Å². The molecule has 0 saturated carbocycles. The quantitative estimate of drug-likeness (QED) is 0.871. The van der Waals surface area contributed by atoms with Crippen LogP contribution in [0.1, 0.15) is 27.4 Å². The van der Waals surface area contributed by atoms with Crippen molar-refractivity contribution < 1.29 is 18.4 Å². The van der Waals surface area contributed by atoms with Crippen LogP contribution in [0.5, 0.6) is 0 Å². The van der Waals surface area contributed by atoms with Crippen LogP contribution in [-0.2, 0) is 11.3 Å². The number of hydrogen-bond acceptors (Lipinski definition) is 5. The summed E-state index contributed by atoms with van der Waals surface area (Å²) in [6.07, 6.45) is 0. The summed E-state index contributed by atoms with van der Waals surface area (Å²) in [7, 11) is 1.26. The fourth-order valence-electron chi connectivity index (χ4n) is 1.89. The van der Waals surface area contributed by atoms with Crippen molar-refractivity contribution in [2.75, 3.05) is 12.4 Å². The summed E-state index contributed by atoms with van der Waals surface area (Å²) < 4.78 is 22.9. The number of hydrogen-bond donors (Lipinski definition) is 1. The zero-order chi connectivity index (χ0) is 14.7. The van der Waals surface area contributed by atoms with Gasteiger partial charge < -0.3 is 14.6 Å². The second kappa shape index (κ2) is 5.73. The Bertz CT molecular complexity index is 618. The molecule has 1 heterocycles. The number of methoxy groups -OCH3 is 1. The van der Waals surface area contributed by atoms with Crippen molar-refractivity contribution >= 4 is 11.7 Å². The van der Waals surface area contributed by atoms with E-state index in [1.807, 2.05) is 13.8 Å². The lowest BCUT2D eigenvalue weighted by atomic mass is 10.1. The van der Waals surface area contributed by atoms with E-state index >= 15 is 0 Å². The molecule has 0 bridgehead atoms. The van der Waals surface area contributed by atoms with Gasteiger partial charge >= 0.3 is 5.97 Å². The number of halogens is 1. The van der Waals surface area contributed by atoms with Crippen molar-refractivity contribution in [1.29, 1.82) is 0 Å². The average Bonchev–Trinajstić information content (AvgIpc) is 2.76. The van der Waals surface area contributed by atoms with Gasteiger partial charge in [0.25, 0.3) is 0 Å². The Morgan fingerprint density at radius 1 is 1.45 bits per heavy atom. The zero-order valence-electron chi connectivity index (χ0n) is 11.5. The number of esters is 1. The summed E-state index contributed by atoms with van der Waals surface area (Å²) >= 11 is 0. The van der Waals surface area contributed by atoms with Gasteiger partial charge in [-0.05, 0) is 32.0 Å². The molecule has 0 aliphatic carbocycles. The minimum Gasteiger partial charge on any atom is -0.465 e. The fourth-order valence-corrected chi connectivity index (χ4v) is 1.89. The van der Waals surface area contributed by atoms with Crippen LogP contribution in [0.25, 0.3) is 0 Å². The van der Waals surface area contributed by atoms with E-state index in [1.54, 1.807) is 0 Å². The zero-order valence-corrected chi connectivity index (χ0v) is 11.5. The Kier molecular flexibility index (Phi) is 4.02. The normalized spacial score (nSPS) is 10.4. The molecule has 0 spiro atoms. The highest BCUT2D eigenvalue weighted by Gasteiger charge is 2.14. The van der Waals surface area contributed by atoms with Gasteiger partial charge in [-0.15, -0.1) is 0 Å². The predicted octanol–water partition coefficient (Wildman–Crippen LogP) is 2.83. The van der Waals surface area contributed by atoms with E-state index in [9.17, 15) is 9.18 Å². The van der Waals surface area contributed by atoms with Gasteiger partial charge in [0.05, 0.1) is 18.4 Å². The summed E-state index contributed by atoms with van der Waals surface area (Å²) in [5.74, 6) is -0.379. The molecule has 0 unspecified atom stereocenters. The maximum Gasteiger partial charge on any atom is 0.340 e. The molecule has 0 amide bonds. The Morgan fingerprint density at radius 2 is 2.20 bits per heavy atom. The Morgan fingerprint density at radius 3 is 2.80 bits per heavy atom. The highest BCUT2D eigenvalue weighted by Crippen LogP contribution is 2.20. The molecule has 1 aromatic carbocycles. The average molecular weight is 278 g/mol. The lowest BCUT2D eigenvalue weighted by Crippen LogP contribution is -2.09. The van der Waals surface area contributed by atoms with Gasteiger partial charge in [-0.1, -0.05) is 5.16 Å². The van der Waals surface area contributed by atoms with E-state index in [2.05, 4.69) is 15.2 Å². The van der Waals surface area contributed by atoms with E-state index in [0.29, 0.717) is 18.0 Å². The first-order valence-corrected chi connectivity index (χ1v) is 6.06. The molecular weight excluding hydrogens is 263 g/mol. The van der Waals surface area contributed by atoms with Gasteiger partial charge in [0, 0.05) is 17.8 Å². The highest BCUT2D eigenvalue weighted by atomic mass is 19.1. The van der Waals surface area contributed by atoms with E-state index < -0.39 is 11.8 Å². The van der Waals surface area contributed by atoms with Crippen LogP contribution in [0.15, 0.2) is 22.7 Å². The summed E-state index contributed by atoms with van der Waals surface area (Å²) in [6.45, 7) is 4.07. The first-order valence-electron chi connectivity index (χ1n) is 6.06. The number of benzene rings is 1. The maximum atomic E-state index is 13.2. The van der Waals surface area contributed by atoms with Crippen molar-refractivity contribution in [1.82, 2.24) is 5.16 Å². The summed E-state index contributed by atoms with van der Waals surface area (Å²) in [5.41, 5.74) is 2.33. The number of ether oxygens (including phenoxy) is 1. The molecule has 5 nitrogen and oxygen atoms in total. The van der Waals surface area contributed by atoms with E-state index in [-0.39, 0.29) is 5.56 Å². The van der Waals surface area contributed by atoms with Crippen molar-refractivity contribution in [2.24, 2.45) is 0 Å². The SMILES string of the molecule is COC(=O)c1cc(F)ccc1NCc1c(C)noc1C. The molecule has 2 rings (SSSR count). The maximum absolute atomic E-state index is 13.2. The largest absolute Gasteiger partial charge is 0.465 e. The first kappa shape index (κ1) is 14.0. The smallest absolute Gasteiger partial charge is 0.340 e. The second-order valence-corrected chi connectivity index (χ2v) is 4.34. The highest BCUT2D eigenvalue weighted by molar-refractivity contribution is 5.95. The van der Waals surface area contributed by atoms with Crippen LogP contribution in [0.4, 0.5) is 10.1 Å². The molecule has 1 aromatic heterocycles. The number of nitrogens with zero attached hydrogens (tertiary/aromatic N) is 1. The number of carbonyl (C=O) groups is 1. The van der Waals surface area contributed by atoms with Gasteiger partial charge in [-0.25, -0.2) is 9.18 Å². The van der Waals surface area contributed by atoms with Gasteiger partial charge in [0.15, 0.2) is 0 Å².